The predicted octanol–water partition coefficient (Wildman–Crippen LogP) is 10.4. The van der Waals surface area contributed by atoms with Crippen molar-refractivity contribution >= 4 is 11.3 Å². The van der Waals surface area contributed by atoms with Gasteiger partial charge in [0, 0.05) is 20.9 Å². The van der Waals surface area contributed by atoms with Crippen molar-refractivity contribution in [3.8, 4) is 44.5 Å². The quantitative estimate of drug-likeness (QED) is 0.173. The molecule has 0 saturated carbocycles. The van der Waals surface area contributed by atoms with Crippen LogP contribution in [0.4, 0.5) is 0 Å². The smallest absolute Gasteiger partial charge is 0.0819 e. The van der Waals surface area contributed by atoms with Crippen LogP contribution in [0.2, 0.25) is 0 Å². The first kappa shape index (κ1) is 22.6. The van der Waals surface area contributed by atoms with E-state index in [0.717, 1.165) is 0 Å². The Balaban J connectivity index is 1.36. The summed E-state index contributed by atoms with van der Waals surface area (Å²) in [5, 5.41) is 0. The van der Waals surface area contributed by atoms with E-state index in [4.69, 9.17) is 0 Å². The van der Waals surface area contributed by atoms with Gasteiger partial charge in [0.25, 0.3) is 0 Å². The summed E-state index contributed by atoms with van der Waals surface area (Å²) in [5.74, 6) is 0. The second-order valence-electron chi connectivity index (χ2n) is 12.3. The summed E-state index contributed by atoms with van der Waals surface area (Å²) in [6, 6.07) is 55.0. The van der Waals surface area contributed by atoms with E-state index in [9.17, 15) is 0 Å². The largest absolute Gasteiger partial charge is 0.141 e. The summed E-state index contributed by atoms with van der Waals surface area (Å²) < 4.78 is 0. The Morgan fingerprint density at radius 1 is 0.279 bits per heavy atom. The van der Waals surface area contributed by atoms with Crippen molar-refractivity contribution in [1.82, 2.24) is 0 Å². The fourth-order valence-corrected chi connectivity index (χ4v) is 11.1. The Labute approximate surface area is 254 Å². The minimum atomic E-state index is -0.318. The first-order valence-corrected chi connectivity index (χ1v) is 15.9. The summed E-state index contributed by atoms with van der Waals surface area (Å²) in [5.41, 5.74) is 18.9. The third-order valence-electron chi connectivity index (χ3n) is 10.7. The van der Waals surface area contributed by atoms with Crippen LogP contribution in [0.1, 0.15) is 43.1 Å². The first-order chi connectivity index (χ1) is 21.4. The van der Waals surface area contributed by atoms with Crippen LogP contribution in [-0.4, -0.2) is 0 Å². The zero-order valence-corrected chi connectivity index (χ0v) is 24.1. The zero-order chi connectivity index (χ0) is 27.9. The van der Waals surface area contributed by atoms with Crippen LogP contribution in [0.25, 0.3) is 44.5 Å². The van der Waals surface area contributed by atoms with Gasteiger partial charge in [-0.3, -0.25) is 0 Å². The second kappa shape index (κ2) is 7.50. The van der Waals surface area contributed by atoms with E-state index in [0.29, 0.717) is 0 Å². The highest BCUT2D eigenvalue weighted by atomic mass is 32.1. The molecule has 0 aliphatic heterocycles. The topological polar surface area (TPSA) is 0 Å². The standard InChI is InChI=1S/C42H24S/c1-7-19-31-25(13-1)26-14-2-8-20-32(26)41(31)35-23-11-5-17-29(35)37-38-30-18-6-12-24-36(30)42(40(38)43-39(37)41)33-21-9-3-15-27(33)28-16-4-10-22-34(28)42/h1-24H. The maximum atomic E-state index is 2.39. The molecule has 7 aromatic rings. The zero-order valence-electron chi connectivity index (χ0n) is 23.3. The summed E-state index contributed by atoms with van der Waals surface area (Å²) in [4.78, 5) is 2.96. The Bertz CT molecular complexity index is 2110. The van der Waals surface area contributed by atoms with Crippen molar-refractivity contribution in [2.45, 2.75) is 10.8 Å². The van der Waals surface area contributed by atoms with E-state index in [-0.39, 0.29) is 10.8 Å². The predicted molar refractivity (Wildman–Crippen MR) is 177 cm³/mol. The van der Waals surface area contributed by atoms with Crippen LogP contribution in [-0.2, 0) is 10.8 Å². The Morgan fingerprint density at radius 3 is 0.814 bits per heavy atom. The van der Waals surface area contributed by atoms with Gasteiger partial charge in [0.15, 0.2) is 0 Å². The van der Waals surface area contributed by atoms with Crippen molar-refractivity contribution in [3.05, 3.63) is 189 Å². The molecule has 4 aliphatic carbocycles. The lowest BCUT2D eigenvalue weighted by molar-refractivity contribution is 0.804. The molecule has 198 valence electrons. The van der Waals surface area contributed by atoms with E-state index in [1.165, 1.54) is 87.6 Å². The molecule has 43 heavy (non-hydrogen) atoms. The molecular weight excluding hydrogens is 537 g/mol. The number of benzene rings is 6. The lowest BCUT2D eigenvalue weighted by Gasteiger charge is -2.31. The normalized spacial score (nSPS) is 15.8. The molecule has 0 N–H and O–H groups in total. The van der Waals surface area contributed by atoms with Gasteiger partial charge in [-0.25, -0.2) is 0 Å². The van der Waals surface area contributed by atoms with E-state index in [2.05, 4.69) is 157 Å². The highest BCUT2D eigenvalue weighted by molar-refractivity contribution is 7.14. The van der Waals surface area contributed by atoms with Gasteiger partial charge in [0.2, 0.25) is 0 Å². The number of rotatable bonds is 0. The molecule has 0 bridgehead atoms. The van der Waals surface area contributed by atoms with E-state index < -0.39 is 0 Å². The molecule has 6 aromatic carbocycles. The van der Waals surface area contributed by atoms with Crippen LogP contribution in [0.15, 0.2) is 146 Å². The molecule has 0 saturated heterocycles. The van der Waals surface area contributed by atoms with E-state index in [1.54, 1.807) is 0 Å². The summed E-state index contributed by atoms with van der Waals surface area (Å²) in [6.07, 6.45) is 0. The van der Waals surface area contributed by atoms with Crippen LogP contribution in [0.5, 0.6) is 0 Å². The van der Waals surface area contributed by atoms with Gasteiger partial charge in [-0.1, -0.05) is 146 Å². The maximum absolute atomic E-state index is 2.39. The van der Waals surface area contributed by atoms with Crippen molar-refractivity contribution < 1.29 is 0 Å². The summed E-state index contributed by atoms with van der Waals surface area (Å²) >= 11 is 2.07. The minimum absolute atomic E-state index is 0.318. The Morgan fingerprint density at radius 2 is 0.512 bits per heavy atom. The van der Waals surface area contributed by atoms with Gasteiger partial charge < -0.3 is 0 Å². The minimum Gasteiger partial charge on any atom is -0.141 e. The lowest BCUT2D eigenvalue weighted by atomic mass is 9.74. The molecule has 1 heterocycles. The van der Waals surface area contributed by atoms with Gasteiger partial charge in [-0.2, -0.15) is 0 Å². The van der Waals surface area contributed by atoms with Gasteiger partial charge in [-0.15, -0.1) is 11.3 Å². The fraction of sp³-hybridized carbons (Fsp3) is 0.0476. The van der Waals surface area contributed by atoms with Crippen LogP contribution >= 0.6 is 11.3 Å². The Hall–Kier alpha value is -4.98. The van der Waals surface area contributed by atoms with Gasteiger partial charge in [0.1, 0.15) is 0 Å². The van der Waals surface area contributed by atoms with Crippen molar-refractivity contribution in [1.29, 1.82) is 0 Å². The third-order valence-corrected chi connectivity index (χ3v) is 12.1. The molecule has 0 fully saturated rings. The number of hydrogen-bond donors (Lipinski definition) is 0. The second-order valence-corrected chi connectivity index (χ2v) is 13.3. The highest BCUT2D eigenvalue weighted by Crippen LogP contribution is 2.72. The monoisotopic (exact) mass is 560 g/mol. The van der Waals surface area contributed by atoms with Crippen molar-refractivity contribution in [2.75, 3.05) is 0 Å². The molecule has 11 rings (SSSR count). The van der Waals surface area contributed by atoms with E-state index >= 15 is 0 Å². The fourth-order valence-electron chi connectivity index (χ4n) is 9.31. The molecule has 1 aromatic heterocycles. The van der Waals surface area contributed by atoms with Crippen LogP contribution < -0.4 is 0 Å². The molecule has 0 radical (unpaired) electrons. The molecule has 0 unspecified atom stereocenters. The molecule has 0 amide bonds. The molecule has 0 atom stereocenters. The lowest BCUT2D eigenvalue weighted by Crippen LogP contribution is -2.26. The number of hydrogen-bond acceptors (Lipinski definition) is 1. The molecule has 4 aliphatic rings. The van der Waals surface area contributed by atoms with Crippen molar-refractivity contribution in [2.24, 2.45) is 0 Å². The molecule has 1 heteroatoms. The Kier molecular flexibility index (Phi) is 3.94. The van der Waals surface area contributed by atoms with Crippen molar-refractivity contribution in [3.63, 3.8) is 0 Å². The average molecular weight is 561 g/mol. The molecule has 0 nitrogen and oxygen atoms in total. The maximum Gasteiger partial charge on any atom is 0.0819 e. The SMILES string of the molecule is c1ccc2c(c1)-c1ccccc1C21c2ccccc2-c2c1sc1c2-c2ccccc2C12c1ccccc1-c1ccccc12. The van der Waals surface area contributed by atoms with Gasteiger partial charge in [0.05, 0.1) is 10.8 Å². The van der Waals surface area contributed by atoms with E-state index in [1.807, 2.05) is 0 Å². The van der Waals surface area contributed by atoms with Crippen LogP contribution in [0.3, 0.4) is 0 Å². The number of fused-ring (bicyclic) bond motifs is 21. The number of thiophene rings is 1. The average Bonchev–Trinajstić information content (AvgIpc) is 3.82. The first-order valence-electron chi connectivity index (χ1n) is 15.1. The third kappa shape index (κ3) is 2.28. The van der Waals surface area contributed by atoms with Gasteiger partial charge >= 0.3 is 0 Å². The summed E-state index contributed by atoms with van der Waals surface area (Å²) in [7, 11) is 0. The molecular formula is C42H24S. The highest BCUT2D eigenvalue weighted by Gasteiger charge is 2.59. The van der Waals surface area contributed by atoms with Crippen LogP contribution in [0, 0.1) is 0 Å². The summed E-state index contributed by atoms with van der Waals surface area (Å²) in [6.45, 7) is 0. The molecule has 2 spiro atoms. The van der Waals surface area contributed by atoms with Gasteiger partial charge in [-0.05, 0) is 66.8 Å².